The Hall–Kier alpha value is -1.26. The van der Waals surface area contributed by atoms with Crippen LogP contribution in [-0.2, 0) is 4.79 Å². The number of benzene rings is 1. The van der Waals surface area contributed by atoms with Gasteiger partial charge in [0.05, 0.1) is 11.5 Å². The molecule has 0 saturated carbocycles. The van der Waals surface area contributed by atoms with Crippen molar-refractivity contribution in [3.05, 3.63) is 41.3 Å². The van der Waals surface area contributed by atoms with E-state index in [0.717, 1.165) is 5.69 Å². The first-order chi connectivity index (χ1) is 7.77. The van der Waals surface area contributed by atoms with Crippen LogP contribution in [0.4, 0.5) is 5.69 Å². The number of allylic oxidation sites excluding steroid dienone is 1. The molecule has 16 heavy (non-hydrogen) atoms. The Labute approximate surface area is 99.6 Å². The number of rotatable bonds is 5. The molecule has 0 aliphatic heterocycles. The second kappa shape index (κ2) is 7.09. The first-order valence-corrected chi connectivity index (χ1v) is 6.03. The van der Waals surface area contributed by atoms with Crippen LogP contribution in [0.1, 0.15) is 6.92 Å². The number of carbonyl (C=O) groups is 1. The molecule has 0 aliphatic carbocycles. The van der Waals surface area contributed by atoms with E-state index in [4.69, 9.17) is 5.11 Å². The standard InChI is InChI=1S/C12H15NO2S/c1-2-11(16-9-8-14)12(15)13-10-6-4-3-5-7-10/h2-7,14H,8-9H2,1H3,(H,13,15). The highest BCUT2D eigenvalue weighted by Gasteiger charge is 2.08. The average Bonchev–Trinajstić information content (AvgIpc) is 2.31. The molecule has 4 heteroatoms. The Morgan fingerprint density at radius 1 is 1.44 bits per heavy atom. The van der Waals surface area contributed by atoms with E-state index in [0.29, 0.717) is 10.7 Å². The van der Waals surface area contributed by atoms with Gasteiger partial charge in [0, 0.05) is 11.4 Å². The SMILES string of the molecule is CC=C(SCCO)C(=O)Nc1ccccc1. The van der Waals surface area contributed by atoms with Crippen molar-refractivity contribution in [3.8, 4) is 0 Å². The molecular formula is C12H15NO2S. The summed E-state index contributed by atoms with van der Waals surface area (Å²) in [6.45, 7) is 1.88. The van der Waals surface area contributed by atoms with Crippen LogP contribution in [0.15, 0.2) is 41.3 Å². The number of aliphatic hydroxyl groups is 1. The fraction of sp³-hybridized carbons (Fsp3) is 0.250. The summed E-state index contributed by atoms with van der Waals surface area (Å²) in [4.78, 5) is 12.4. The minimum absolute atomic E-state index is 0.0701. The second-order valence-electron chi connectivity index (χ2n) is 3.05. The van der Waals surface area contributed by atoms with Gasteiger partial charge in [-0.3, -0.25) is 4.79 Å². The molecule has 3 nitrogen and oxygen atoms in total. The predicted octanol–water partition coefficient (Wildman–Crippen LogP) is 2.25. The van der Waals surface area contributed by atoms with Gasteiger partial charge in [0.1, 0.15) is 0 Å². The summed E-state index contributed by atoms with van der Waals surface area (Å²) in [6.07, 6.45) is 1.75. The largest absolute Gasteiger partial charge is 0.396 e. The second-order valence-corrected chi connectivity index (χ2v) is 4.18. The summed E-state index contributed by atoms with van der Waals surface area (Å²) in [5.74, 6) is 0.397. The van der Waals surface area contributed by atoms with Gasteiger partial charge in [-0.05, 0) is 19.1 Å². The molecule has 2 N–H and O–H groups in total. The summed E-state index contributed by atoms with van der Waals surface area (Å²) in [7, 11) is 0. The van der Waals surface area contributed by atoms with Crippen molar-refractivity contribution in [1.82, 2.24) is 0 Å². The maximum Gasteiger partial charge on any atom is 0.261 e. The van der Waals surface area contributed by atoms with Crippen LogP contribution in [0, 0.1) is 0 Å². The molecule has 0 bridgehead atoms. The van der Waals surface area contributed by atoms with E-state index in [1.165, 1.54) is 11.8 Å². The van der Waals surface area contributed by atoms with Gasteiger partial charge in [-0.25, -0.2) is 0 Å². The van der Waals surface area contributed by atoms with Crippen LogP contribution in [0.25, 0.3) is 0 Å². The van der Waals surface area contributed by atoms with Crippen molar-refractivity contribution >= 4 is 23.4 Å². The molecule has 1 aromatic carbocycles. The molecule has 0 aromatic heterocycles. The number of nitrogens with one attached hydrogen (secondary N) is 1. The van der Waals surface area contributed by atoms with Crippen LogP contribution in [-0.4, -0.2) is 23.4 Å². The van der Waals surface area contributed by atoms with E-state index in [-0.39, 0.29) is 12.5 Å². The Morgan fingerprint density at radius 2 is 2.12 bits per heavy atom. The normalized spacial score (nSPS) is 11.2. The lowest BCUT2D eigenvalue weighted by atomic mass is 10.3. The van der Waals surface area contributed by atoms with Crippen LogP contribution in [0.3, 0.4) is 0 Å². The fourth-order valence-electron chi connectivity index (χ4n) is 1.15. The van der Waals surface area contributed by atoms with Gasteiger partial charge < -0.3 is 10.4 Å². The summed E-state index contributed by atoms with van der Waals surface area (Å²) in [5.41, 5.74) is 0.774. The monoisotopic (exact) mass is 237 g/mol. The van der Waals surface area contributed by atoms with Gasteiger partial charge in [-0.15, -0.1) is 11.8 Å². The highest BCUT2D eigenvalue weighted by molar-refractivity contribution is 8.04. The summed E-state index contributed by atoms with van der Waals surface area (Å²) in [5, 5.41) is 11.5. The third-order valence-corrected chi connectivity index (χ3v) is 2.99. The maximum atomic E-state index is 11.8. The van der Waals surface area contributed by atoms with Crippen molar-refractivity contribution in [2.75, 3.05) is 17.7 Å². The van der Waals surface area contributed by atoms with Gasteiger partial charge in [0.2, 0.25) is 0 Å². The molecule has 0 saturated heterocycles. The van der Waals surface area contributed by atoms with Gasteiger partial charge in [0.25, 0.3) is 5.91 Å². The molecule has 0 spiro atoms. The third-order valence-electron chi connectivity index (χ3n) is 1.87. The van der Waals surface area contributed by atoms with Crippen LogP contribution >= 0.6 is 11.8 Å². The van der Waals surface area contributed by atoms with E-state index >= 15 is 0 Å². The summed E-state index contributed by atoms with van der Waals surface area (Å²) < 4.78 is 0. The highest BCUT2D eigenvalue weighted by atomic mass is 32.2. The molecule has 0 fully saturated rings. The topological polar surface area (TPSA) is 49.3 Å². The number of aliphatic hydroxyl groups excluding tert-OH is 1. The summed E-state index contributed by atoms with van der Waals surface area (Å²) >= 11 is 1.35. The van der Waals surface area contributed by atoms with Gasteiger partial charge >= 0.3 is 0 Å². The molecule has 1 amide bonds. The van der Waals surface area contributed by atoms with E-state index in [2.05, 4.69) is 5.32 Å². The summed E-state index contributed by atoms with van der Waals surface area (Å²) in [6, 6.07) is 9.30. The molecule has 0 atom stereocenters. The Bertz CT molecular complexity index is 363. The van der Waals surface area contributed by atoms with Crippen LogP contribution in [0.2, 0.25) is 0 Å². The minimum atomic E-state index is -0.132. The molecule has 86 valence electrons. The number of anilines is 1. The van der Waals surface area contributed by atoms with Crippen molar-refractivity contribution < 1.29 is 9.90 Å². The number of para-hydroxylation sites is 1. The van der Waals surface area contributed by atoms with E-state index < -0.39 is 0 Å². The van der Waals surface area contributed by atoms with Crippen molar-refractivity contribution in [2.24, 2.45) is 0 Å². The quantitative estimate of drug-likeness (QED) is 0.772. The van der Waals surface area contributed by atoms with E-state index in [9.17, 15) is 4.79 Å². The minimum Gasteiger partial charge on any atom is -0.396 e. The Balaban J connectivity index is 2.57. The number of hydrogen-bond acceptors (Lipinski definition) is 3. The van der Waals surface area contributed by atoms with Gasteiger partial charge in [-0.2, -0.15) is 0 Å². The number of thioether (sulfide) groups is 1. The van der Waals surface area contributed by atoms with Gasteiger partial charge in [0.15, 0.2) is 0 Å². The third kappa shape index (κ3) is 4.08. The Morgan fingerprint density at radius 3 is 2.69 bits per heavy atom. The molecule has 0 unspecified atom stereocenters. The smallest absolute Gasteiger partial charge is 0.261 e. The van der Waals surface area contributed by atoms with Gasteiger partial charge in [-0.1, -0.05) is 24.3 Å². The lowest BCUT2D eigenvalue weighted by Crippen LogP contribution is -2.13. The molecule has 0 heterocycles. The molecule has 1 rings (SSSR count). The van der Waals surface area contributed by atoms with Crippen LogP contribution in [0.5, 0.6) is 0 Å². The first kappa shape index (κ1) is 12.8. The Kier molecular flexibility index (Phi) is 5.67. The van der Waals surface area contributed by atoms with Crippen molar-refractivity contribution in [3.63, 3.8) is 0 Å². The first-order valence-electron chi connectivity index (χ1n) is 5.04. The fourth-order valence-corrected chi connectivity index (χ4v) is 1.81. The lowest BCUT2D eigenvalue weighted by molar-refractivity contribution is -0.112. The molecular weight excluding hydrogens is 222 g/mol. The molecule has 1 aromatic rings. The van der Waals surface area contributed by atoms with E-state index in [1.807, 2.05) is 37.3 Å². The average molecular weight is 237 g/mol. The zero-order valence-electron chi connectivity index (χ0n) is 9.14. The maximum absolute atomic E-state index is 11.8. The van der Waals surface area contributed by atoms with Crippen LogP contribution < -0.4 is 5.32 Å². The zero-order chi connectivity index (χ0) is 11.8. The zero-order valence-corrected chi connectivity index (χ0v) is 9.96. The molecule has 0 radical (unpaired) electrons. The highest BCUT2D eigenvalue weighted by Crippen LogP contribution is 2.17. The number of amides is 1. The van der Waals surface area contributed by atoms with Crippen molar-refractivity contribution in [2.45, 2.75) is 6.92 Å². The predicted molar refractivity (Wildman–Crippen MR) is 68.4 cm³/mol. The molecule has 0 aliphatic rings. The number of carbonyl (C=O) groups excluding carboxylic acids is 1. The number of hydrogen-bond donors (Lipinski definition) is 2. The van der Waals surface area contributed by atoms with E-state index in [1.54, 1.807) is 6.08 Å². The lowest BCUT2D eigenvalue weighted by Gasteiger charge is -2.07. The van der Waals surface area contributed by atoms with Crippen molar-refractivity contribution in [1.29, 1.82) is 0 Å².